The van der Waals surface area contributed by atoms with Gasteiger partial charge in [0, 0.05) is 19.1 Å². The lowest BCUT2D eigenvalue weighted by atomic mass is 10.0. The smallest absolute Gasteiger partial charge is 0.307 e. The number of nitrogens with zero attached hydrogens (tertiary/aromatic N) is 1. The molecule has 1 aliphatic rings. The van der Waals surface area contributed by atoms with Crippen molar-refractivity contribution in [1.29, 1.82) is 0 Å². The summed E-state index contributed by atoms with van der Waals surface area (Å²) in [5.41, 5.74) is 1.29. The van der Waals surface area contributed by atoms with Crippen molar-refractivity contribution >= 4 is 16.7 Å². The predicted molar refractivity (Wildman–Crippen MR) is 84.2 cm³/mol. The van der Waals surface area contributed by atoms with Gasteiger partial charge in [0.15, 0.2) is 0 Å². The topological polar surface area (TPSA) is 40.5 Å². The molecule has 0 saturated heterocycles. The van der Waals surface area contributed by atoms with Crippen LogP contribution in [-0.4, -0.2) is 28.6 Å². The van der Waals surface area contributed by atoms with Gasteiger partial charge in [-0.2, -0.15) is 0 Å². The quantitative estimate of drug-likeness (QED) is 0.881. The number of benzene rings is 2. The van der Waals surface area contributed by atoms with Crippen molar-refractivity contribution < 1.29 is 9.90 Å². The molecule has 1 N–H and O–H groups in total. The minimum Gasteiger partial charge on any atom is -0.481 e. The molecule has 1 aliphatic carbocycles. The van der Waals surface area contributed by atoms with Crippen LogP contribution in [0.2, 0.25) is 0 Å². The third-order valence-electron chi connectivity index (χ3n) is 4.25. The number of aliphatic carboxylic acids is 1. The van der Waals surface area contributed by atoms with Crippen LogP contribution >= 0.6 is 0 Å². The van der Waals surface area contributed by atoms with E-state index in [-0.39, 0.29) is 5.92 Å². The molecule has 0 aromatic heterocycles. The number of hydrogen-bond acceptors (Lipinski definition) is 2. The lowest BCUT2D eigenvalue weighted by Crippen LogP contribution is -2.33. The fraction of sp³-hybridized carbons (Fsp3) is 0.389. The SMILES string of the molecule is CC(CN(Cc1cccc2ccccc12)C1CC1)C(=O)O. The van der Waals surface area contributed by atoms with Gasteiger partial charge in [0.2, 0.25) is 0 Å². The molecular formula is C18H21NO2. The largest absolute Gasteiger partial charge is 0.481 e. The molecule has 1 atom stereocenters. The molecule has 0 radical (unpaired) electrons. The van der Waals surface area contributed by atoms with Crippen molar-refractivity contribution in [2.24, 2.45) is 5.92 Å². The Kier molecular flexibility index (Phi) is 3.93. The first-order valence-electron chi connectivity index (χ1n) is 7.58. The van der Waals surface area contributed by atoms with E-state index in [4.69, 9.17) is 5.11 Å². The van der Waals surface area contributed by atoms with E-state index in [1.54, 1.807) is 6.92 Å². The molecule has 2 aromatic rings. The van der Waals surface area contributed by atoms with Gasteiger partial charge in [-0.15, -0.1) is 0 Å². The van der Waals surface area contributed by atoms with Crippen LogP contribution in [-0.2, 0) is 11.3 Å². The van der Waals surface area contributed by atoms with Gasteiger partial charge in [0.25, 0.3) is 0 Å². The first kappa shape index (κ1) is 14.1. The van der Waals surface area contributed by atoms with Crippen LogP contribution in [0.5, 0.6) is 0 Å². The number of fused-ring (bicyclic) bond motifs is 1. The molecule has 1 unspecified atom stereocenters. The van der Waals surface area contributed by atoms with Gasteiger partial charge in [-0.1, -0.05) is 49.4 Å². The zero-order valence-corrected chi connectivity index (χ0v) is 12.3. The number of hydrogen-bond donors (Lipinski definition) is 1. The number of carboxylic acid groups (broad SMARTS) is 1. The zero-order chi connectivity index (χ0) is 14.8. The van der Waals surface area contributed by atoms with Gasteiger partial charge in [0.1, 0.15) is 0 Å². The monoisotopic (exact) mass is 283 g/mol. The number of carboxylic acids is 1. The Morgan fingerprint density at radius 2 is 1.95 bits per heavy atom. The van der Waals surface area contributed by atoms with Gasteiger partial charge in [0.05, 0.1) is 5.92 Å². The first-order valence-corrected chi connectivity index (χ1v) is 7.58. The lowest BCUT2D eigenvalue weighted by Gasteiger charge is -2.24. The van der Waals surface area contributed by atoms with Crippen LogP contribution in [0.1, 0.15) is 25.3 Å². The molecule has 0 heterocycles. The van der Waals surface area contributed by atoms with Gasteiger partial charge in [-0.25, -0.2) is 0 Å². The summed E-state index contributed by atoms with van der Waals surface area (Å²) in [6, 6.07) is 15.3. The molecule has 2 aromatic carbocycles. The summed E-state index contributed by atoms with van der Waals surface area (Å²) in [6.45, 7) is 3.26. The summed E-state index contributed by atoms with van der Waals surface area (Å²) in [5.74, 6) is -1.03. The first-order chi connectivity index (χ1) is 10.1. The van der Waals surface area contributed by atoms with Crippen molar-refractivity contribution in [3.05, 3.63) is 48.0 Å². The van der Waals surface area contributed by atoms with Crippen molar-refractivity contribution in [3.8, 4) is 0 Å². The summed E-state index contributed by atoms with van der Waals surface area (Å²) in [4.78, 5) is 13.4. The van der Waals surface area contributed by atoms with Crippen LogP contribution < -0.4 is 0 Å². The van der Waals surface area contributed by atoms with Gasteiger partial charge >= 0.3 is 5.97 Å². The standard InChI is InChI=1S/C18H21NO2/c1-13(18(20)21)11-19(16-9-10-16)12-15-7-4-6-14-5-2-3-8-17(14)15/h2-8,13,16H,9-12H2,1H3,(H,20,21). The Hall–Kier alpha value is -1.87. The van der Waals surface area contributed by atoms with Gasteiger partial charge in [-0.05, 0) is 29.2 Å². The van der Waals surface area contributed by atoms with Crippen LogP contribution in [0.15, 0.2) is 42.5 Å². The minimum atomic E-state index is -0.710. The second kappa shape index (κ2) is 5.86. The zero-order valence-electron chi connectivity index (χ0n) is 12.3. The Balaban J connectivity index is 1.83. The van der Waals surface area contributed by atoms with Crippen molar-refractivity contribution in [1.82, 2.24) is 4.90 Å². The van der Waals surface area contributed by atoms with Crippen molar-refractivity contribution in [2.75, 3.05) is 6.54 Å². The predicted octanol–water partition coefficient (Wildman–Crippen LogP) is 3.52. The fourth-order valence-corrected chi connectivity index (χ4v) is 2.86. The van der Waals surface area contributed by atoms with Crippen LogP contribution in [0, 0.1) is 5.92 Å². The molecule has 0 bridgehead atoms. The molecule has 1 saturated carbocycles. The van der Waals surface area contributed by atoms with E-state index in [0.717, 1.165) is 6.54 Å². The van der Waals surface area contributed by atoms with Gasteiger partial charge < -0.3 is 5.11 Å². The highest BCUT2D eigenvalue weighted by Crippen LogP contribution is 2.30. The summed E-state index contributed by atoms with van der Waals surface area (Å²) < 4.78 is 0. The third-order valence-corrected chi connectivity index (χ3v) is 4.25. The maximum atomic E-state index is 11.1. The summed E-state index contributed by atoms with van der Waals surface area (Å²) in [7, 11) is 0. The molecule has 21 heavy (non-hydrogen) atoms. The van der Waals surface area contributed by atoms with E-state index in [0.29, 0.717) is 12.6 Å². The minimum absolute atomic E-state index is 0.319. The fourth-order valence-electron chi connectivity index (χ4n) is 2.86. The molecule has 0 spiro atoms. The average molecular weight is 283 g/mol. The Bertz CT molecular complexity index is 643. The summed E-state index contributed by atoms with van der Waals surface area (Å²) >= 11 is 0. The van der Waals surface area contributed by atoms with E-state index in [1.165, 1.54) is 29.2 Å². The Morgan fingerprint density at radius 1 is 1.24 bits per heavy atom. The maximum absolute atomic E-state index is 11.1. The summed E-state index contributed by atoms with van der Waals surface area (Å²) in [6.07, 6.45) is 2.38. The van der Waals surface area contributed by atoms with E-state index in [1.807, 2.05) is 0 Å². The number of rotatable bonds is 6. The van der Waals surface area contributed by atoms with Gasteiger partial charge in [-0.3, -0.25) is 9.69 Å². The summed E-state index contributed by atoms with van der Waals surface area (Å²) in [5, 5.41) is 11.7. The van der Waals surface area contributed by atoms with E-state index in [2.05, 4.69) is 47.4 Å². The van der Waals surface area contributed by atoms with Crippen LogP contribution in [0.4, 0.5) is 0 Å². The Morgan fingerprint density at radius 3 is 2.67 bits per heavy atom. The highest BCUT2D eigenvalue weighted by molar-refractivity contribution is 5.85. The normalized spacial score (nSPS) is 16.3. The molecule has 0 aliphatic heterocycles. The molecule has 3 nitrogen and oxygen atoms in total. The molecule has 3 rings (SSSR count). The average Bonchev–Trinajstić information content (AvgIpc) is 3.31. The second-order valence-electron chi connectivity index (χ2n) is 6.04. The molecule has 0 amide bonds. The van der Waals surface area contributed by atoms with Crippen molar-refractivity contribution in [3.63, 3.8) is 0 Å². The molecule has 110 valence electrons. The maximum Gasteiger partial charge on any atom is 0.307 e. The molecule has 3 heteroatoms. The van der Waals surface area contributed by atoms with E-state index >= 15 is 0 Å². The van der Waals surface area contributed by atoms with E-state index in [9.17, 15) is 4.79 Å². The molecular weight excluding hydrogens is 262 g/mol. The third kappa shape index (κ3) is 3.24. The second-order valence-corrected chi connectivity index (χ2v) is 6.04. The van der Waals surface area contributed by atoms with Crippen LogP contribution in [0.25, 0.3) is 10.8 Å². The molecule has 1 fully saturated rings. The highest BCUT2D eigenvalue weighted by atomic mass is 16.4. The van der Waals surface area contributed by atoms with Crippen LogP contribution in [0.3, 0.4) is 0 Å². The van der Waals surface area contributed by atoms with Crippen molar-refractivity contribution in [2.45, 2.75) is 32.4 Å². The number of carbonyl (C=O) groups is 1. The van der Waals surface area contributed by atoms with E-state index < -0.39 is 5.97 Å². The highest BCUT2D eigenvalue weighted by Gasteiger charge is 2.31. The Labute approximate surface area is 125 Å². The lowest BCUT2D eigenvalue weighted by molar-refractivity contribution is -0.141.